The van der Waals surface area contributed by atoms with Crippen LogP contribution in [0.2, 0.25) is 0 Å². The van der Waals surface area contributed by atoms with E-state index in [0.29, 0.717) is 16.8 Å². The maximum Gasteiger partial charge on any atom is 0.251 e. The van der Waals surface area contributed by atoms with E-state index in [1.165, 1.54) is 0 Å². The van der Waals surface area contributed by atoms with Crippen LogP contribution < -0.4 is 5.56 Å². The quantitative estimate of drug-likeness (QED) is 0.665. The van der Waals surface area contributed by atoms with Crippen molar-refractivity contribution in [2.75, 3.05) is 0 Å². The molecule has 0 saturated carbocycles. The lowest BCUT2D eigenvalue weighted by Crippen LogP contribution is -2.11. The lowest BCUT2D eigenvalue weighted by molar-refractivity contribution is 1.09. The molecule has 0 aliphatic carbocycles. The zero-order chi connectivity index (χ0) is 10.4. The summed E-state index contributed by atoms with van der Waals surface area (Å²) in [5, 5.41) is 8.56. The van der Waals surface area contributed by atoms with Crippen molar-refractivity contribution in [3.05, 3.63) is 33.2 Å². The van der Waals surface area contributed by atoms with E-state index >= 15 is 0 Å². The van der Waals surface area contributed by atoms with E-state index in [-0.39, 0.29) is 6.99 Å². The zero-order valence-corrected chi connectivity index (χ0v) is 8.43. The maximum absolute atomic E-state index is 10.9. The SMILES string of the molecule is CC.Cc1[nH]c(=O)c(C)cc1C#N.[HH]. The Labute approximate surface area is 79.5 Å². The number of aromatic amines is 1. The van der Waals surface area contributed by atoms with Gasteiger partial charge in [0.05, 0.1) is 5.56 Å². The van der Waals surface area contributed by atoms with Gasteiger partial charge in [0.2, 0.25) is 0 Å². The summed E-state index contributed by atoms with van der Waals surface area (Å²) >= 11 is 0. The fraction of sp³-hybridized carbons (Fsp3) is 0.400. The summed E-state index contributed by atoms with van der Waals surface area (Å²) in [6.07, 6.45) is 0. The second kappa shape index (κ2) is 5.15. The van der Waals surface area contributed by atoms with Gasteiger partial charge in [-0.1, -0.05) is 13.8 Å². The summed E-state index contributed by atoms with van der Waals surface area (Å²) in [5.41, 5.74) is 1.61. The standard InChI is InChI=1S/C8H8N2O.C2H6.H2/c1-5-3-7(4-9)6(2)10-8(5)11;1-2;/h3H,1-2H3,(H,10,11);1-2H3;1H. The van der Waals surface area contributed by atoms with Crippen LogP contribution in [0.15, 0.2) is 10.9 Å². The highest BCUT2D eigenvalue weighted by atomic mass is 16.1. The van der Waals surface area contributed by atoms with Gasteiger partial charge >= 0.3 is 0 Å². The van der Waals surface area contributed by atoms with E-state index in [2.05, 4.69) is 4.98 Å². The number of hydrogen-bond acceptors (Lipinski definition) is 2. The average Bonchev–Trinajstić information content (AvgIpc) is 2.15. The number of nitrogens with zero attached hydrogens (tertiary/aromatic N) is 1. The number of nitrogens with one attached hydrogen (secondary N) is 1. The van der Waals surface area contributed by atoms with E-state index in [9.17, 15) is 4.79 Å². The highest BCUT2D eigenvalue weighted by Gasteiger charge is 1.99. The first-order valence-corrected chi connectivity index (χ1v) is 4.26. The summed E-state index contributed by atoms with van der Waals surface area (Å²) in [6.45, 7) is 7.39. The molecule has 0 spiro atoms. The van der Waals surface area contributed by atoms with Crippen molar-refractivity contribution in [3.63, 3.8) is 0 Å². The van der Waals surface area contributed by atoms with Crippen molar-refractivity contribution in [1.82, 2.24) is 4.98 Å². The van der Waals surface area contributed by atoms with Crippen LogP contribution >= 0.6 is 0 Å². The number of hydrogen-bond donors (Lipinski definition) is 1. The van der Waals surface area contributed by atoms with E-state index in [0.717, 1.165) is 0 Å². The third kappa shape index (κ3) is 2.75. The minimum atomic E-state index is -0.124. The molecule has 0 atom stereocenters. The van der Waals surface area contributed by atoms with E-state index < -0.39 is 0 Å². The minimum Gasteiger partial charge on any atom is -0.325 e. The lowest BCUT2D eigenvalue weighted by Gasteiger charge is -1.96. The molecule has 3 heteroatoms. The van der Waals surface area contributed by atoms with Crippen molar-refractivity contribution >= 4 is 0 Å². The molecule has 1 aromatic heterocycles. The number of nitriles is 1. The Morgan fingerprint density at radius 1 is 1.46 bits per heavy atom. The summed E-state index contributed by atoms with van der Waals surface area (Å²) in [7, 11) is 0. The molecule has 1 aromatic rings. The summed E-state index contributed by atoms with van der Waals surface area (Å²) in [4.78, 5) is 13.5. The first-order valence-electron chi connectivity index (χ1n) is 4.26. The van der Waals surface area contributed by atoms with Gasteiger partial charge in [-0.15, -0.1) is 0 Å². The van der Waals surface area contributed by atoms with Crippen LogP contribution in [0.4, 0.5) is 0 Å². The molecule has 0 saturated heterocycles. The Balaban J connectivity index is 0. The van der Waals surface area contributed by atoms with Crippen molar-refractivity contribution in [3.8, 4) is 6.07 Å². The molecule has 1 N–H and O–H groups in total. The van der Waals surface area contributed by atoms with Crippen molar-refractivity contribution in [1.29, 1.82) is 5.26 Å². The van der Waals surface area contributed by atoms with Crippen LogP contribution in [0.1, 0.15) is 32.1 Å². The van der Waals surface area contributed by atoms with Crippen LogP contribution in [-0.2, 0) is 0 Å². The monoisotopic (exact) mass is 180 g/mol. The highest BCUT2D eigenvalue weighted by molar-refractivity contribution is 5.34. The van der Waals surface area contributed by atoms with Crippen molar-refractivity contribution in [2.24, 2.45) is 0 Å². The molecular formula is C10H16N2O. The van der Waals surface area contributed by atoms with Gasteiger partial charge in [-0.05, 0) is 19.9 Å². The molecule has 3 nitrogen and oxygen atoms in total. The summed E-state index contributed by atoms with van der Waals surface area (Å²) in [6, 6.07) is 3.58. The molecule has 0 aliphatic rings. The third-order valence-corrected chi connectivity index (χ3v) is 1.54. The number of aromatic nitrogens is 1. The van der Waals surface area contributed by atoms with Crippen LogP contribution in [0.25, 0.3) is 0 Å². The normalized spacial score (nSPS) is 8.23. The molecule has 72 valence electrons. The second-order valence-corrected chi connectivity index (χ2v) is 2.43. The largest absolute Gasteiger partial charge is 0.325 e. The summed E-state index contributed by atoms with van der Waals surface area (Å²) in [5.74, 6) is 0. The minimum absolute atomic E-state index is 0. The Morgan fingerprint density at radius 2 is 2.00 bits per heavy atom. The molecule has 0 aromatic carbocycles. The Hall–Kier alpha value is -1.56. The van der Waals surface area contributed by atoms with Gasteiger partial charge in [0.1, 0.15) is 6.07 Å². The van der Waals surface area contributed by atoms with Gasteiger partial charge in [-0.25, -0.2) is 0 Å². The first-order chi connectivity index (χ1) is 6.15. The maximum atomic E-state index is 10.9. The smallest absolute Gasteiger partial charge is 0.251 e. The zero-order valence-electron chi connectivity index (χ0n) is 8.43. The van der Waals surface area contributed by atoms with E-state index in [1.807, 2.05) is 19.9 Å². The molecule has 0 fully saturated rings. The molecule has 0 amide bonds. The summed E-state index contributed by atoms with van der Waals surface area (Å²) < 4.78 is 0. The topological polar surface area (TPSA) is 56.6 Å². The van der Waals surface area contributed by atoms with Gasteiger partial charge in [-0.3, -0.25) is 4.79 Å². The van der Waals surface area contributed by atoms with Gasteiger partial charge in [0, 0.05) is 12.7 Å². The van der Waals surface area contributed by atoms with Gasteiger partial charge in [0.25, 0.3) is 5.56 Å². The van der Waals surface area contributed by atoms with Crippen LogP contribution in [0.3, 0.4) is 0 Å². The molecule has 0 radical (unpaired) electrons. The molecule has 0 aliphatic heterocycles. The predicted octanol–water partition coefficient (Wildman–Crippen LogP) is 2.14. The number of rotatable bonds is 0. The van der Waals surface area contributed by atoms with Crippen molar-refractivity contribution in [2.45, 2.75) is 27.7 Å². The van der Waals surface area contributed by atoms with Gasteiger partial charge < -0.3 is 4.98 Å². The molecule has 0 unspecified atom stereocenters. The fourth-order valence-electron chi connectivity index (χ4n) is 0.843. The van der Waals surface area contributed by atoms with E-state index in [4.69, 9.17) is 5.26 Å². The molecule has 1 heterocycles. The van der Waals surface area contributed by atoms with E-state index in [1.54, 1.807) is 19.9 Å². The molecule has 0 bridgehead atoms. The number of H-pyrrole nitrogens is 1. The lowest BCUT2D eigenvalue weighted by atomic mass is 10.2. The van der Waals surface area contributed by atoms with Crippen LogP contribution in [0.5, 0.6) is 0 Å². The number of aryl methyl sites for hydroxylation is 2. The average molecular weight is 180 g/mol. The highest BCUT2D eigenvalue weighted by Crippen LogP contribution is 2.00. The molecule has 1 rings (SSSR count). The van der Waals surface area contributed by atoms with Crippen molar-refractivity contribution < 1.29 is 1.43 Å². The molecule has 13 heavy (non-hydrogen) atoms. The van der Waals surface area contributed by atoms with Crippen LogP contribution in [-0.4, -0.2) is 4.98 Å². The Morgan fingerprint density at radius 3 is 2.46 bits per heavy atom. The third-order valence-electron chi connectivity index (χ3n) is 1.54. The number of pyridine rings is 1. The van der Waals surface area contributed by atoms with Gasteiger partial charge in [0.15, 0.2) is 0 Å². The second-order valence-electron chi connectivity index (χ2n) is 2.43. The fourth-order valence-corrected chi connectivity index (χ4v) is 0.843. The first kappa shape index (κ1) is 11.4. The van der Waals surface area contributed by atoms with Gasteiger partial charge in [-0.2, -0.15) is 5.26 Å². The van der Waals surface area contributed by atoms with Crippen LogP contribution in [0, 0.1) is 25.2 Å². The Bertz CT molecular complexity index is 377. The Kier molecular flexibility index (Phi) is 4.53. The predicted molar refractivity (Wildman–Crippen MR) is 54.7 cm³/mol. The molecular weight excluding hydrogens is 164 g/mol.